The van der Waals surface area contributed by atoms with Crippen LogP contribution in [0.2, 0.25) is 0 Å². The topological polar surface area (TPSA) is 35.5 Å². The second-order valence-corrected chi connectivity index (χ2v) is 12.5. The van der Waals surface area contributed by atoms with Gasteiger partial charge in [-0.25, -0.2) is 0 Å². The highest BCUT2D eigenvalue weighted by atomic mass is 79.9. The fraction of sp³-hybridized carbons (Fsp3) is 0.423. The molecule has 1 unspecified atom stereocenters. The first-order chi connectivity index (χ1) is 15.2. The first kappa shape index (κ1) is 25.4. The summed E-state index contributed by atoms with van der Waals surface area (Å²) in [4.78, 5) is 12.9. The van der Waals surface area contributed by atoms with Crippen molar-refractivity contribution in [1.29, 1.82) is 0 Å². The fourth-order valence-electron chi connectivity index (χ4n) is 4.02. The van der Waals surface area contributed by atoms with Crippen molar-refractivity contribution in [1.82, 2.24) is 0 Å². The van der Waals surface area contributed by atoms with Gasteiger partial charge in [-0.05, 0) is 53.8 Å². The lowest BCUT2D eigenvalue weighted by atomic mass is 9.75. The molecule has 2 aromatic rings. The number of halogens is 1. The number of thioether (sulfide) groups is 2. The Labute approximate surface area is 208 Å². The lowest BCUT2D eigenvalue weighted by Crippen LogP contribution is -2.43. The molecule has 1 aliphatic heterocycles. The van der Waals surface area contributed by atoms with Crippen LogP contribution in [0.1, 0.15) is 44.7 Å². The SMILES string of the molecule is COC(=O)C(C)(CCC1(C(C)(C)COCc2ccccc2)SC=CS1)c1cccc(Br)c1. The molecule has 1 heterocycles. The van der Waals surface area contributed by atoms with E-state index >= 15 is 0 Å². The molecule has 0 saturated heterocycles. The first-order valence-corrected chi connectivity index (χ1v) is 13.2. The predicted molar refractivity (Wildman–Crippen MR) is 140 cm³/mol. The number of rotatable bonds is 10. The van der Waals surface area contributed by atoms with E-state index < -0.39 is 5.41 Å². The van der Waals surface area contributed by atoms with Gasteiger partial charge in [-0.15, -0.1) is 23.5 Å². The first-order valence-electron chi connectivity index (χ1n) is 10.7. The summed E-state index contributed by atoms with van der Waals surface area (Å²) in [5.74, 6) is -0.204. The van der Waals surface area contributed by atoms with Crippen LogP contribution in [0.25, 0.3) is 0 Å². The van der Waals surface area contributed by atoms with E-state index in [0.717, 1.165) is 16.5 Å². The molecule has 0 aliphatic carbocycles. The van der Waals surface area contributed by atoms with Crippen molar-refractivity contribution >= 4 is 45.4 Å². The van der Waals surface area contributed by atoms with Gasteiger partial charge in [0.05, 0.1) is 29.8 Å². The van der Waals surface area contributed by atoms with E-state index in [4.69, 9.17) is 9.47 Å². The molecule has 0 bridgehead atoms. The molecule has 1 aliphatic rings. The Morgan fingerprint density at radius 2 is 1.72 bits per heavy atom. The molecule has 2 aromatic carbocycles. The number of carbonyl (C=O) groups excluding carboxylic acids is 1. The summed E-state index contributed by atoms with van der Waals surface area (Å²) in [6.45, 7) is 7.75. The van der Waals surface area contributed by atoms with Crippen molar-refractivity contribution in [2.75, 3.05) is 13.7 Å². The second kappa shape index (κ2) is 10.8. The molecule has 0 fully saturated rings. The van der Waals surface area contributed by atoms with Gasteiger partial charge in [0.2, 0.25) is 0 Å². The molecular weight excluding hydrogens is 504 g/mol. The molecule has 172 valence electrons. The van der Waals surface area contributed by atoms with Gasteiger partial charge in [-0.1, -0.05) is 72.2 Å². The van der Waals surface area contributed by atoms with Crippen LogP contribution in [-0.2, 0) is 26.3 Å². The lowest BCUT2D eigenvalue weighted by molar-refractivity contribution is -0.147. The van der Waals surface area contributed by atoms with Gasteiger partial charge in [-0.2, -0.15) is 0 Å². The van der Waals surface area contributed by atoms with E-state index in [1.165, 1.54) is 12.7 Å². The van der Waals surface area contributed by atoms with Crippen molar-refractivity contribution in [3.05, 3.63) is 81.0 Å². The highest BCUT2D eigenvalue weighted by molar-refractivity contribution is 9.10. The van der Waals surface area contributed by atoms with Crippen LogP contribution in [0.3, 0.4) is 0 Å². The third kappa shape index (κ3) is 5.64. The number of esters is 1. The Bertz CT molecular complexity index is 937. The summed E-state index contributed by atoms with van der Waals surface area (Å²) >= 11 is 7.23. The van der Waals surface area contributed by atoms with Crippen molar-refractivity contribution in [2.45, 2.75) is 49.7 Å². The van der Waals surface area contributed by atoms with Crippen LogP contribution >= 0.6 is 39.5 Å². The van der Waals surface area contributed by atoms with Gasteiger partial charge >= 0.3 is 5.97 Å². The zero-order valence-corrected chi connectivity index (χ0v) is 22.3. The normalized spacial score (nSPS) is 17.2. The zero-order valence-electron chi connectivity index (χ0n) is 19.1. The van der Waals surface area contributed by atoms with E-state index in [2.05, 4.69) is 52.7 Å². The smallest absolute Gasteiger partial charge is 0.315 e. The Morgan fingerprint density at radius 1 is 1.03 bits per heavy atom. The van der Waals surface area contributed by atoms with Crippen LogP contribution in [0.5, 0.6) is 0 Å². The molecule has 3 rings (SSSR count). The molecule has 0 saturated carbocycles. The quantitative estimate of drug-likeness (QED) is 0.294. The molecule has 0 N–H and O–H groups in total. The van der Waals surface area contributed by atoms with E-state index in [1.807, 2.05) is 72.9 Å². The minimum absolute atomic E-state index is 0.116. The average Bonchev–Trinajstić information content (AvgIpc) is 3.28. The zero-order chi connectivity index (χ0) is 23.2. The number of hydrogen-bond donors (Lipinski definition) is 0. The average molecular weight is 536 g/mol. The van der Waals surface area contributed by atoms with Crippen molar-refractivity contribution in [3.8, 4) is 0 Å². The van der Waals surface area contributed by atoms with Crippen LogP contribution in [0.15, 0.2) is 69.9 Å². The number of methoxy groups -OCH3 is 1. The van der Waals surface area contributed by atoms with Crippen molar-refractivity contribution < 1.29 is 14.3 Å². The predicted octanol–water partition coefficient (Wildman–Crippen LogP) is 7.55. The molecule has 0 spiro atoms. The number of benzene rings is 2. The lowest BCUT2D eigenvalue weighted by Gasteiger charge is -2.44. The number of hydrogen-bond acceptors (Lipinski definition) is 5. The molecule has 6 heteroatoms. The standard InChI is InChI=1S/C26H31BrO3S2/c1-24(2,19-30-18-20-9-6-5-7-10-20)26(31-15-16-32-26)14-13-25(3,23(28)29-4)21-11-8-12-22(27)17-21/h5-12,15-17H,13-14,18-19H2,1-4H3. The van der Waals surface area contributed by atoms with Crippen LogP contribution in [-0.4, -0.2) is 23.8 Å². The van der Waals surface area contributed by atoms with Gasteiger partial charge in [0.1, 0.15) is 0 Å². The second-order valence-electron chi connectivity index (χ2n) is 8.96. The monoisotopic (exact) mass is 534 g/mol. The molecular formula is C26H31BrO3S2. The van der Waals surface area contributed by atoms with Crippen LogP contribution in [0.4, 0.5) is 0 Å². The van der Waals surface area contributed by atoms with Gasteiger partial charge in [0, 0.05) is 9.89 Å². The van der Waals surface area contributed by atoms with E-state index in [9.17, 15) is 4.79 Å². The minimum Gasteiger partial charge on any atom is -0.468 e. The molecule has 0 aromatic heterocycles. The molecule has 3 nitrogen and oxygen atoms in total. The van der Waals surface area contributed by atoms with E-state index in [-0.39, 0.29) is 15.5 Å². The van der Waals surface area contributed by atoms with Gasteiger partial charge in [-0.3, -0.25) is 4.79 Å². The molecule has 32 heavy (non-hydrogen) atoms. The Kier molecular flexibility index (Phi) is 8.59. The minimum atomic E-state index is -0.726. The summed E-state index contributed by atoms with van der Waals surface area (Å²) < 4.78 is 12.3. The maximum atomic E-state index is 12.9. The summed E-state index contributed by atoms with van der Waals surface area (Å²) in [6.07, 6.45) is 1.52. The summed E-state index contributed by atoms with van der Waals surface area (Å²) in [5, 5.41) is 4.33. The molecule has 0 amide bonds. The third-order valence-electron chi connectivity index (χ3n) is 6.23. The summed E-state index contributed by atoms with van der Waals surface area (Å²) in [5.41, 5.74) is 1.30. The Morgan fingerprint density at radius 3 is 2.34 bits per heavy atom. The summed E-state index contributed by atoms with van der Waals surface area (Å²) in [6, 6.07) is 18.2. The maximum absolute atomic E-state index is 12.9. The fourth-order valence-corrected chi connectivity index (χ4v) is 7.06. The molecule has 1 atom stereocenters. The largest absolute Gasteiger partial charge is 0.468 e. The number of carbonyl (C=O) groups is 1. The van der Waals surface area contributed by atoms with Crippen molar-refractivity contribution in [2.24, 2.45) is 5.41 Å². The Balaban J connectivity index is 1.76. The van der Waals surface area contributed by atoms with Gasteiger partial charge in [0.15, 0.2) is 0 Å². The Hall–Kier alpha value is -1.21. The molecule has 0 radical (unpaired) electrons. The highest BCUT2D eigenvalue weighted by Gasteiger charge is 2.49. The van der Waals surface area contributed by atoms with Gasteiger partial charge in [0.25, 0.3) is 0 Å². The van der Waals surface area contributed by atoms with Crippen LogP contribution < -0.4 is 0 Å². The number of ether oxygens (including phenoxy) is 2. The third-order valence-corrected chi connectivity index (χ3v) is 10.3. The van der Waals surface area contributed by atoms with Crippen molar-refractivity contribution in [3.63, 3.8) is 0 Å². The highest BCUT2D eigenvalue weighted by Crippen LogP contribution is 2.59. The van der Waals surface area contributed by atoms with E-state index in [1.54, 1.807) is 0 Å². The maximum Gasteiger partial charge on any atom is 0.315 e. The van der Waals surface area contributed by atoms with Crippen LogP contribution in [0, 0.1) is 5.41 Å². The van der Waals surface area contributed by atoms with E-state index in [0.29, 0.717) is 19.6 Å². The van der Waals surface area contributed by atoms with Gasteiger partial charge < -0.3 is 9.47 Å². The summed E-state index contributed by atoms with van der Waals surface area (Å²) in [7, 11) is 1.47.